The number of hydrogen-bond acceptors (Lipinski definition) is 3. The monoisotopic (exact) mass is 217 g/mol. The van der Waals surface area contributed by atoms with Gasteiger partial charge in [0.15, 0.2) is 0 Å². The lowest BCUT2D eigenvalue weighted by Gasteiger charge is -2.07. The molecule has 1 saturated heterocycles. The average Bonchev–Trinajstić information content (AvgIpc) is 2.97. The highest BCUT2D eigenvalue weighted by Crippen LogP contribution is 2.05. The Bertz CT molecular complexity index is 147. The molecule has 1 N–H and O–H groups in total. The highest BCUT2D eigenvalue weighted by Gasteiger charge is 2.04. The second-order valence-electron chi connectivity index (χ2n) is 2.92. The number of likely N-dealkylation sites (tertiary alicyclic amines) is 1. The largest absolute Gasteiger partial charge is 0.378 e. The van der Waals surface area contributed by atoms with Crippen LogP contribution in [0.3, 0.4) is 0 Å². The molecule has 0 unspecified atom stereocenters. The molecule has 3 nitrogen and oxygen atoms in total. The quantitative estimate of drug-likeness (QED) is 0.678. The average molecular weight is 218 g/mol. The Hall–Kier alpha value is -0.700. The highest BCUT2D eigenvalue weighted by molar-refractivity contribution is 6.15. The topological polar surface area (TPSA) is 27.6 Å². The predicted molar refractivity (Wildman–Crippen MR) is 64.1 cm³/mol. The Balaban J connectivity index is 0.000000213. The number of alkyl halides is 1. The van der Waals surface area contributed by atoms with Crippen molar-refractivity contribution in [2.75, 3.05) is 32.6 Å². The third-order valence-corrected chi connectivity index (χ3v) is 1.97. The van der Waals surface area contributed by atoms with Crippen LogP contribution in [0.15, 0.2) is 17.8 Å². The number of nitrogens with zero attached hydrogens (tertiary/aromatic N) is 2. The number of aliphatic imine (C=N–C) groups is 1. The summed E-state index contributed by atoms with van der Waals surface area (Å²) < 4.78 is 0. The Morgan fingerprint density at radius 2 is 2.07 bits per heavy atom. The van der Waals surface area contributed by atoms with Gasteiger partial charge in [-0.1, -0.05) is 6.58 Å². The lowest BCUT2D eigenvalue weighted by Crippen LogP contribution is -2.08. The molecule has 2 aliphatic rings. The molecule has 14 heavy (non-hydrogen) atoms. The Morgan fingerprint density at radius 1 is 1.43 bits per heavy atom. The van der Waals surface area contributed by atoms with E-state index < -0.39 is 0 Å². The zero-order chi connectivity index (χ0) is 10.6. The molecule has 0 aromatic rings. The summed E-state index contributed by atoms with van der Waals surface area (Å²) in [6.07, 6.45) is 7.84. The Labute approximate surface area is 91.8 Å². The van der Waals surface area contributed by atoms with Crippen LogP contribution in [0.2, 0.25) is 0 Å². The zero-order valence-corrected chi connectivity index (χ0v) is 9.63. The maximum Gasteiger partial charge on any atom is 0.0825 e. The van der Waals surface area contributed by atoms with Crippen LogP contribution in [0.25, 0.3) is 0 Å². The van der Waals surface area contributed by atoms with Crippen LogP contribution in [0.5, 0.6) is 0 Å². The van der Waals surface area contributed by atoms with Gasteiger partial charge >= 0.3 is 0 Å². The Morgan fingerprint density at radius 3 is 2.29 bits per heavy atom. The van der Waals surface area contributed by atoms with Gasteiger partial charge in [0.1, 0.15) is 0 Å². The first-order valence-electron chi connectivity index (χ1n) is 4.89. The molecule has 0 spiro atoms. The molecule has 0 saturated carbocycles. The first kappa shape index (κ1) is 13.3. The fourth-order valence-corrected chi connectivity index (χ4v) is 1.25. The van der Waals surface area contributed by atoms with Gasteiger partial charge in [-0.25, -0.2) is 0 Å². The Kier molecular flexibility index (Phi) is 9.86. The molecule has 0 aromatic carbocycles. The van der Waals surface area contributed by atoms with Crippen molar-refractivity contribution < 1.29 is 0 Å². The number of hydrogen-bond donors (Lipinski definition) is 1. The minimum atomic E-state index is 0.958. The number of nitrogens with one attached hydrogen (secondary N) is 1. The van der Waals surface area contributed by atoms with Gasteiger partial charge in [0.2, 0.25) is 0 Å². The van der Waals surface area contributed by atoms with Gasteiger partial charge in [-0.2, -0.15) is 0 Å². The van der Waals surface area contributed by atoms with Crippen LogP contribution in [0.4, 0.5) is 0 Å². The maximum absolute atomic E-state index is 4.64. The summed E-state index contributed by atoms with van der Waals surface area (Å²) in [7, 11) is 0. The molecule has 2 heterocycles. The van der Waals surface area contributed by atoms with E-state index in [9.17, 15) is 0 Å². The summed E-state index contributed by atoms with van der Waals surface area (Å²) in [5.41, 5.74) is 0. The molecule has 1 fully saturated rings. The maximum atomic E-state index is 4.64. The smallest absolute Gasteiger partial charge is 0.0825 e. The van der Waals surface area contributed by atoms with E-state index in [1.807, 2.05) is 6.20 Å². The molecule has 0 aromatic heterocycles. The summed E-state index contributed by atoms with van der Waals surface area (Å²) in [6, 6.07) is 0. The van der Waals surface area contributed by atoms with Crippen molar-refractivity contribution in [1.82, 2.24) is 10.2 Å². The minimum Gasteiger partial charge on any atom is -0.378 e. The lowest BCUT2D eigenvalue weighted by molar-refractivity contribution is 0.469. The molecular weight excluding hydrogens is 198 g/mol. The minimum absolute atomic E-state index is 0.958. The second kappa shape index (κ2) is 10.4. The van der Waals surface area contributed by atoms with Gasteiger partial charge in [-0.3, -0.25) is 4.99 Å². The summed E-state index contributed by atoms with van der Waals surface area (Å²) in [4.78, 5) is 6.10. The lowest BCUT2D eigenvalue weighted by atomic mass is 10.4. The van der Waals surface area contributed by atoms with Crippen molar-refractivity contribution in [2.24, 2.45) is 4.99 Å². The van der Waals surface area contributed by atoms with E-state index in [2.05, 4.69) is 33.4 Å². The molecule has 0 radical (unpaired) electrons. The molecule has 82 valence electrons. The van der Waals surface area contributed by atoms with Crippen molar-refractivity contribution >= 4 is 17.9 Å². The normalized spacial score (nSPS) is 17.4. The van der Waals surface area contributed by atoms with E-state index in [1.54, 1.807) is 6.34 Å². The zero-order valence-electron chi connectivity index (χ0n) is 8.88. The van der Waals surface area contributed by atoms with E-state index in [1.165, 1.54) is 32.3 Å². The first-order valence-corrected chi connectivity index (χ1v) is 5.65. The van der Waals surface area contributed by atoms with Crippen molar-refractivity contribution in [3.63, 3.8) is 0 Å². The van der Waals surface area contributed by atoms with Crippen LogP contribution < -0.4 is 5.32 Å². The molecule has 0 atom stereocenters. The molecule has 2 rings (SSSR count). The number of rotatable bonds is 1. The third kappa shape index (κ3) is 6.78. The van der Waals surface area contributed by atoms with E-state index in [0.717, 1.165) is 13.1 Å². The number of halogens is 1. The van der Waals surface area contributed by atoms with Crippen molar-refractivity contribution in [3.8, 4) is 0 Å². The van der Waals surface area contributed by atoms with Gasteiger partial charge in [-0.05, 0) is 19.0 Å². The van der Waals surface area contributed by atoms with Crippen LogP contribution in [-0.2, 0) is 0 Å². The van der Waals surface area contributed by atoms with Gasteiger partial charge in [0, 0.05) is 26.0 Å². The van der Waals surface area contributed by atoms with Gasteiger partial charge in [-0.15, -0.1) is 11.6 Å². The van der Waals surface area contributed by atoms with Crippen LogP contribution in [-0.4, -0.2) is 43.8 Å². The van der Waals surface area contributed by atoms with Crippen LogP contribution in [0, 0.1) is 0 Å². The van der Waals surface area contributed by atoms with Crippen molar-refractivity contribution in [2.45, 2.75) is 12.8 Å². The fourth-order valence-electron chi connectivity index (χ4n) is 1.25. The van der Waals surface area contributed by atoms with E-state index >= 15 is 0 Å². The van der Waals surface area contributed by atoms with Crippen molar-refractivity contribution in [3.05, 3.63) is 12.8 Å². The molecule has 0 bridgehead atoms. The standard InChI is InChI=1S/C6H11N.C3H6N2.CH3Cl/c1-2-7-5-3-4-6-7;1-2-5-3-4-1;1-2/h2H,1,3-6H2;3H,1-2H2,(H,4,5);1H3. The van der Waals surface area contributed by atoms with Crippen LogP contribution in [0.1, 0.15) is 12.8 Å². The molecule has 0 aliphatic carbocycles. The third-order valence-electron chi connectivity index (χ3n) is 1.97. The highest BCUT2D eigenvalue weighted by atomic mass is 35.5. The van der Waals surface area contributed by atoms with E-state index in [0.29, 0.717) is 0 Å². The van der Waals surface area contributed by atoms with E-state index in [4.69, 9.17) is 0 Å². The fraction of sp³-hybridized carbons (Fsp3) is 0.700. The summed E-state index contributed by atoms with van der Waals surface area (Å²) in [5, 5.41) is 2.93. The molecule has 0 amide bonds. The van der Waals surface area contributed by atoms with Gasteiger partial charge in [0.05, 0.1) is 12.9 Å². The van der Waals surface area contributed by atoms with Crippen molar-refractivity contribution in [1.29, 1.82) is 0 Å². The van der Waals surface area contributed by atoms with Gasteiger partial charge in [0.25, 0.3) is 0 Å². The van der Waals surface area contributed by atoms with Crippen LogP contribution >= 0.6 is 11.6 Å². The summed E-state index contributed by atoms with van der Waals surface area (Å²) in [6.45, 7) is 8.11. The second-order valence-corrected chi connectivity index (χ2v) is 2.92. The predicted octanol–water partition coefficient (Wildman–Crippen LogP) is 1.70. The summed E-state index contributed by atoms with van der Waals surface area (Å²) in [5.74, 6) is 0. The molecular formula is C10H20ClN3. The molecule has 2 aliphatic heterocycles. The first-order chi connectivity index (χ1) is 6.93. The van der Waals surface area contributed by atoms with Gasteiger partial charge < -0.3 is 10.2 Å². The molecule has 4 heteroatoms. The SMILES string of the molecule is C1=NCCN1.C=CN1CCCC1.CCl. The van der Waals surface area contributed by atoms with E-state index in [-0.39, 0.29) is 0 Å². The summed E-state index contributed by atoms with van der Waals surface area (Å²) >= 11 is 4.64.